The molecule has 1 aliphatic carbocycles. The fourth-order valence-electron chi connectivity index (χ4n) is 4.39. The number of aliphatic hydroxyl groups excluding tert-OH is 2. The summed E-state index contributed by atoms with van der Waals surface area (Å²) in [6.45, 7) is 2.37. The van der Waals surface area contributed by atoms with Crippen LogP contribution in [0.2, 0.25) is 0 Å². The van der Waals surface area contributed by atoms with Crippen LogP contribution in [0.3, 0.4) is 0 Å². The zero-order valence-corrected chi connectivity index (χ0v) is 15.6. The number of carboxylic acid groups (broad SMARTS) is 1. The lowest BCUT2D eigenvalue weighted by molar-refractivity contribution is 0.0695. The Kier molecular flexibility index (Phi) is 4.63. The number of benzene rings is 1. The summed E-state index contributed by atoms with van der Waals surface area (Å²) in [6, 6.07) is 1.23. The normalized spacial score (nSPS) is 22.2. The van der Waals surface area contributed by atoms with Crippen LogP contribution in [-0.4, -0.2) is 52.2 Å². The van der Waals surface area contributed by atoms with Crippen LogP contribution in [0, 0.1) is 24.6 Å². The van der Waals surface area contributed by atoms with E-state index in [-0.39, 0.29) is 42.0 Å². The minimum Gasteiger partial charge on any atom is -0.477 e. The van der Waals surface area contributed by atoms with Crippen molar-refractivity contribution in [1.29, 1.82) is 0 Å². The molecule has 28 heavy (non-hydrogen) atoms. The Morgan fingerprint density at radius 2 is 1.82 bits per heavy atom. The van der Waals surface area contributed by atoms with E-state index in [2.05, 4.69) is 0 Å². The molecule has 1 aliphatic heterocycles. The van der Waals surface area contributed by atoms with E-state index in [4.69, 9.17) is 0 Å². The first-order valence-corrected chi connectivity index (χ1v) is 9.45. The summed E-state index contributed by atoms with van der Waals surface area (Å²) >= 11 is 0. The first kappa shape index (κ1) is 18.9. The smallest absolute Gasteiger partial charge is 0.341 e. The van der Waals surface area contributed by atoms with Gasteiger partial charge in [-0.2, -0.15) is 0 Å². The third-order valence-corrected chi connectivity index (χ3v) is 6.01. The van der Waals surface area contributed by atoms with Gasteiger partial charge in [0.15, 0.2) is 0 Å². The monoisotopic (exact) mass is 390 g/mol. The number of aromatic nitrogens is 1. The minimum atomic E-state index is -1.32. The van der Waals surface area contributed by atoms with Crippen LogP contribution in [-0.2, 0) is 0 Å². The van der Waals surface area contributed by atoms with Gasteiger partial charge in [-0.3, -0.25) is 4.79 Å². The van der Waals surface area contributed by atoms with Gasteiger partial charge in [0.05, 0.1) is 11.2 Å². The van der Waals surface area contributed by atoms with Crippen LogP contribution in [0.25, 0.3) is 10.9 Å². The Morgan fingerprint density at radius 3 is 2.32 bits per heavy atom. The van der Waals surface area contributed by atoms with Crippen LogP contribution in [0.15, 0.2) is 17.1 Å². The molecule has 4 rings (SSSR count). The first-order chi connectivity index (χ1) is 13.4. The molecule has 0 amide bonds. The van der Waals surface area contributed by atoms with E-state index in [0.717, 1.165) is 18.9 Å². The van der Waals surface area contributed by atoms with E-state index in [1.807, 2.05) is 0 Å². The van der Waals surface area contributed by atoms with Gasteiger partial charge in [0.1, 0.15) is 11.4 Å². The van der Waals surface area contributed by atoms with Gasteiger partial charge in [-0.25, -0.2) is 9.18 Å². The molecule has 0 spiro atoms. The molecule has 0 radical (unpaired) electrons. The van der Waals surface area contributed by atoms with E-state index in [1.165, 1.54) is 6.20 Å². The quantitative estimate of drug-likeness (QED) is 0.715. The standard InChI is InChI=1S/C20H23FN2O5/c1-10-17-14(19(26)15(20(27)28)7-23(17)13-2-3-13)4-16(21)18(10)22-5-11(8-24)12(6-22)9-25/h4,7,11-13,24-25H,2-3,5-6,8-9H2,1H3,(H,27,28)/t11-,12+. The van der Waals surface area contributed by atoms with Crippen LogP contribution >= 0.6 is 0 Å². The fourth-order valence-corrected chi connectivity index (χ4v) is 4.39. The van der Waals surface area contributed by atoms with E-state index < -0.39 is 17.2 Å². The highest BCUT2D eigenvalue weighted by molar-refractivity contribution is 5.95. The Hall–Kier alpha value is -2.45. The maximum atomic E-state index is 15.1. The number of nitrogens with zero attached hydrogens (tertiary/aromatic N) is 2. The maximum Gasteiger partial charge on any atom is 0.341 e. The molecule has 7 nitrogen and oxygen atoms in total. The number of rotatable bonds is 5. The molecule has 2 heterocycles. The van der Waals surface area contributed by atoms with Crippen LogP contribution < -0.4 is 10.3 Å². The van der Waals surface area contributed by atoms with E-state index in [1.54, 1.807) is 16.4 Å². The molecule has 150 valence electrons. The maximum absolute atomic E-state index is 15.1. The molecule has 2 atom stereocenters. The van der Waals surface area contributed by atoms with Gasteiger partial charge in [-0.15, -0.1) is 0 Å². The van der Waals surface area contributed by atoms with Crippen LogP contribution in [0.1, 0.15) is 34.8 Å². The third-order valence-electron chi connectivity index (χ3n) is 6.01. The predicted molar refractivity (Wildman–Crippen MR) is 101 cm³/mol. The first-order valence-electron chi connectivity index (χ1n) is 9.45. The summed E-state index contributed by atoms with van der Waals surface area (Å²) in [5, 5.41) is 28.5. The molecule has 0 bridgehead atoms. The molecule has 8 heteroatoms. The van der Waals surface area contributed by atoms with Crippen molar-refractivity contribution in [2.75, 3.05) is 31.2 Å². The van der Waals surface area contributed by atoms with Gasteiger partial charge in [-0.1, -0.05) is 0 Å². The summed E-state index contributed by atoms with van der Waals surface area (Å²) in [6.07, 6.45) is 3.13. The van der Waals surface area contributed by atoms with Gasteiger partial charge in [0.25, 0.3) is 0 Å². The number of carbonyl (C=O) groups is 1. The largest absolute Gasteiger partial charge is 0.477 e. The molecule has 1 aromatic heterocycles. The fraction of sp³-hybridized carbons (Fsp3) is 0.500. The molecule has 0 unspecified atom stereocenters. The second-order valence-corrected chi connectivity index (χ2v) is 7.83. The van der Waals surface area contributed by atoms with Crippen LogP contribution in [0.5, 0.6) is 0 Å². The van der Waals surface area contributed by atoms with Gasteiger partial charge >= 0.3 is 5.97 Å². The zero-order valence-electron chi connectivity index (χ0n) is 15.6. The molecule has 2 fully saturated rings. The summed E-state index contributed by atoms with van der Waals surface area (Å²) in [4.78, 5) is 25.9. The average Bonchev–Trinajstić information content (AvgIpc) is 3.42. The Balaban J connectivity index is 1.93. The second-order valence-electron chi connectivity index (χ2n) is 7.83. The number of carboxylic acids is 1. The number of hydrogen-bond donors (Lipinski definition) is 3. The summed E-state index contributed by atoms with van der Waals surface area (Å²) in [7, 11) is 0. The Morgan fingerprint density at radius 1 is 1.21 bits per heavy atom. The van der Waals surface area contributed by atoms with Crippen LogP contribution in [0.4, 0.5) is 10.1 Å². The predicted octanol–water partition coefficient (Wildman–Crippen LogP) is 1.52. The molecule has 3 N–H and O–H groups in total. The van der Waals surface area contributed by atoms with E-state index in [9.17, 15) is 24.9 Å². The molecular formula is C20H23FN2O5. The number of anilines is 1. The lowest BCUT2D eigenvalue weighted by Gasteiger charge is -2.24. The molecule has 1 saturated heterocycles. The molecule has 2 aromatic rings. The van der Waals surface area contributed by atoms with Crippen molar-refractivity contribution in [3.8, 4) is 0 Å². The summed E-state index contributed by atoms with van der Waals surface area (Å²) in [5.41, 5.74) is 0.440. The number of aromatic carboxylic acids is 1. The molecule has 1 saturated carbocycles. The third kappa shape index (κ3) is 2.87. The molecular weight excluding hydrogens is 367 g/mol. The number of pyridine rings is 1. The highest BCUT2D eigenvalue weighted by atomic mass is 19.1. The number of aryl methyl sites for hydroxylation is 1. The topological polar surface area (TPSA) is 103 Å². The Bertz CT molecular complexity index is 1000. The lowest BCUT2D eigenvalue weighted by atomic mass is 9.98. The van der Waals surface area contributed by atoms with Crippen molar-refractivity contribution in [2.24, 2.45) is 11.8 Å². The average molecular weight is 390 g/mol. The second kappa shape index (κ2) is 6.86. The number of hydrogen-bond acceptors (Lipinski definition) is 5. The summed E-state index contributed by atoms with van der Waals surface area (Å²) < 4.78 is 16.9. The van der Waals surface area contributed by atoms with Crippen molar-refractivity contribution in [3.05, 3.63) is 39.4 Å². The van der Waals surface area contributed by atoms with Crippen molar-refractivity contribution in [1.82, 2.24) is 4.57 Å². The van der Waals surface area contributed by atoms with Gasteiger partial charge in [-0.05, 0) is 31.4 Å². The number of halogens is 1. The van der Waals surface area contributed by atoms with E-state index in [0.29, 0.717) is 29.9 Å². The van der Waals surface area contributed by atoms with Crippen molar-refractivity contribution < 1.29 is 24.5 Å². The van der Waals surface area contributed by atoms with Gasteiger partial charge < -0.3 is 24.8 Å². The van der Waals surface area contributed by atoms with Crippen molar-refractivity contribution in [2.45, 2.75) is 25.8 Å². The minimum absolute atomic E-state index is 0.0714. The lowest BCUT2D eigenvalue weighted by Crippen LogP contribution is -2.25. The van der Waals surface area contributed by atoms with Gasteiger partial charge in [0.2, 0.25) is 5.43 Å². The summed E-state index contributed by atoms with van der Waals surface area (Å²) in [5.74, 6) is -2.22. The SMILES string of the molecule is Cc1c(N2C[C@@H](CO)[C@@H](CO)C2)c(F)cc2c(=O)c(C(=O)O)cn(C3CC3)c12. The highest BCUT2D eigenvalue weighted by Crippen LogP contribution is 2.41. The molecule has 1 aromatic carbocycles. The van der Waals surface area contributed by atoms with Crippen molar-refractivity contribution >= 4 is 22.6 Å². The number of fused-ring (bicyclic) bond motifs is 1. The van der Waals surface area contributed by atoms with E-state index >= 15 is 4.39 Å². The Labute approximate surface area is 160 Å². The van der Waals surface area contributed by atoms with Crippen molar-refractivity contribution in [3.63, 3.8) is 0 Å². The zero-order chi connectivity index (χ0) is 20.2. The van der Waals surface area contributed by atoms with Gasteiger partial charge in [0, 0.05) is 55.8 Å². The number of aliphatic hydroxyl groups is 2. The highest BCUT2D eigenvalue weighted by Gasteiger charge is 2.35. The molecule has 2 aliphatic rings.